The van der Waals surface area contributed by atoms with Crippen LogP contribution in [0.5, 0.6) is 0 Å². The van der Waals surface area contributed by atoms with Crippen LogP contribution in [0.25, 0.3) is 11.4 Å². The molecule has 1 aromatic carbocycles. The summed E-state index contributed by atoms with van der Waals surface area (Å²) in [6, 6.07) is 6.32. The van der Waals surface area contributed by atoms with Gasteiger partial charge in [0.2, 0.25) is 0 Å². The Bertz CT molecular complexity index is 537. The quantitative estimate of drug-likeness (QED) is 0.911. The van der Waals surface area contributed by atoms with Crippen LogP contribution in [0.15, 0.2) is 24.3 Å². The summed E-state index contributed by atoms with van der Waals surface area (Å²) < 4.78 is 14.9. The summed E-state index contributed by atoms with van der Waals surface area (Å²) >= 11 is 6.15. The Labute approximate surface area is 104 Å². The van der Waals surface area contributed by atoms with Gasteiger partial charge in [-0.2, -0.15) is 0 Å². The first-order valence-corrected chi connectivity index (χ1v) is 5.63. The van der Waals surface area contributed by atoms with Gasteiger partial charge in [0.1, 0.15) is 16.8 Å². The van der Waals surface area contributed by atoms with Crippen LogP contribution in [0.4, 0.5) is 4.39 Å². The van der Waals surface area contributed by atoms with Crippen molar-refractivity contribution in [2.75, 3.05) is 7.05 Å². The molecule has 0 saturated heterocycles. The zero-order chi connectivity index (χ0) is 12.4. The summed E-state index contributed by atoms with van der Waals surface area (Å²) in [4.78, 5) is 4.41. The molecular weight excluding hydrogens is 241 g/mol. The van der Waals surface area contributed by atoms with Gasteiger partial charge in [0.15, 0.2) is 0 Å². The average Bonchev–Trinajstić information content (AvgIpc) is 2.58. The first-order valence-electron chi connectivity index (χ1n) is 5.25. The first kappa shape index (κ1) is 12.1. The van der Waals surface area contributed by atoms with Crippen molar-refractivity contribution < 1.29 is 4.39 Å². The van der Waals surface area contributed by atoms with Crippen molar-refractivity contribution in [2.45, 2.75) is 6.54 Å². The minimum atomic E-state index is -0.281. The molecule has 5 heteroatoms. The molecule has 2 rings (SSSR count). The number of aromatic nitrogens is 2. The largest absolute Gasteiger partial charge is 0.318 e. The fourth-order valence-corrected chi connectivity index (χ4v) is 1.89. The molecule has 0 aliphatic heterocycles. The number of nitrogens with zero attached hydrogens (tertiary/aromatic N) is 2. The lowest BCUT2D eigenvalue weighted by molar-refractivity contribution is 0.628. The van der Waals surface area contributed by atoms with Crippen LogP contribution in [0.3, 0.4) is 0 Å². The number of nitrogens with one attached hydrogen (secondary N) is 1. The Morgan fingerprint density at radius 1 is 1.47 bits per heavy atom. The number of hydrogen-bond acceptors (Lipinski definition) is 2. The van der Waals surface area contributed by atoms with Gasteiger partial charge >= 0.3 is 0 Å². The molecule has 3 nitrogen and oxygen atoms in total. The van der Waals surface area contributed by atoms with E-state index in [-0.39, 0.29) is 5.82 Å². The minimum absolute atomic E-state index is 0.281. The van der Waals surface area contributed by atoms with E-state index in [0.29, 0.717) is 17.5 Å². The average molecular weight is 254 g/mol. The second-order valence-corrected chi connectivity index (χ2v) is 4.13. The molecule has 0 aliphatic carbocycles. The fraction of sp³-hybridized carbons (Fsp3) is 0.250. The monoisotopic (exact) mass is 253 g/mol. The molecule has 90 valence electrons. The van der Waals surface area contributed by atoms with E-state index in [9.17, 15) is 4.39 Å². The van der Waals surface area contributed by atoms with E-state index in [1.807, 2.05) is 20.2 Å². The topological polar surface area (TPSA) is 29.9 Å². The van der Waals surface area contributed by atoms with Crippen molar-refractivity contribution in [3.63, 3.8) is 0 Å². The highest BCUT2D eigenvalue weighted by Gasteiger charge is 2.13. The second kappa shape index (κ2) is 4.85. The van der Waals surface area contributed by atoms with Crippen LogP contribution in [-0.2, 0) is 13.6 Å². The summed E-state index contributed by atoms with van der Waals surface area (Å²) in [7, 11) is 3.64. The molecule has 0 atom stereocenters. The van der Waals surface area contributed by atoms with E-state index in [1.165, 1.54) is 12.1 Å². The number of imidazole rings is 1. The Hall–Kier alpha value is -1.39. The molecule has 1 heterocycles. The first-order chi connectivity index (χ1) is 8.13. The lowest BCUT2D eigenvalue weighted by atomic mass is 10.2. The molecule has 0 spiro atoms. The van der Waals surface area contributed by atoms with Gasteiger partial charge in [-0.05, 0) is 19.2 Å². The van der Waals surface area contributed by atoms with E-state index < -0.39 is 0 Å². The van der Waals surface area contributed by atoms with Crippen LogP contribution in [-0.4, -0.2) is 16.6 Å². The van der Waals surface area contributed by atoms with Crippen molar-refractivity contribution in [1.29, 1.82) is 0 Å². The lowest BCUT2D eigenvalue weighted by Gasteiger charge is -2.01. The molecular formula is C12H13ClFN3. The van der Waals surface area contributed by atoms with E-state index in [1.54, 1.807) is 10.6 Å². The molecule has 1 aromatic heterocycles. The van der Waals surface area contributed by atoms with Crippen LogP contribution in [0.2, 0.25) is 5.15 Å². The second-order valence-electron chi connectivity index (χ2n) is 3.77. The minimum Gasteiger partial charge on any atom is -0.318 e. The summed E-state index contributed by atoms with van der Waals surface area (Å²) in [6.07, 6.45) is 0. The third-order valence-corrected chi connectivity index (χ3v) is 2.99. The predicted octanol–water partition coefficient (Wildman–Crippen LogP) is 2.60. The number of halogens is 2. The maximum Gasteiger partial charge on any atom is 0.141 e. The van der Waals surface area contributed by atoms with Gasteiger partial charge in [0, 0.05) is 19.2 Å². The molecule has 1 N–H and O–H groups in total. The normalized spacial score (nSPS) is 10.8. The van der Waals surface area contributed by atoms with Crippen molar-refractivity contribution in [3.8, 4) is 11.4 Å². The Morgan fingerprint density at radius 2 is 2.24 bits per heavy atom. The summed E-state index contributed by atoms with van der Waals surface area (Å²) in [5.74, 6) is 0.386. The van der Waals surface area contributed by atoms with Crippen molar-refractivity contribution in [2.24, 2.45) is 7.05 Å². The highest BCUT2D eigenvalue weighted by Crippen LogP contribution is 2.25. The Morgan fingerprint density at radius 3 is 2.88 bits per heavy atom. The molecule has 0 amide bonds. The van der Waals surface area contributed by atoms with Crippen LogP contribution < -0.4 is 5.32 Å². The Kier molecular flexibility index (Phi) is 3.45. The van der Waals surface area contributed by atoms with Gasteiger partial charge in [-0.1, -0.05) is 23.7 Å². The molecule has 2 aromatic rings. The van der Waals surface area contributed by atoms with Gasteiger partial charge in [-0.3, -0.25) is 0 Å². The zero-order valence-electron chi connectivity index (χ0n) is 9.67. The SMILES string of the molecule is CNCc1nc(-c2cccc(F)c2)n(C)c1Cl. The summed E-state index contributed by atoms with van der Waals surface area (Å²) in [5.41, 5.74) is 1.48. The van der Waals surface area contributed by atoms with E-state index >= 15 is 0 Å². The zero-order valence-corrected chi connectivity index (χ0v) is 10.4. The molecule has 0 fully saturated rings. The van der Waals surface area contributed by atoms with Gasteiger partial charge in [0.25, 0.3) is 0 Å². The van der Waals surface area contributed by atoms with E-state index in [4.69, 9.17) is 11.6 Å². The standard InChI is InChI=1S/C12H13ClFN3/c1-15-7-10-11(13)17(2)12(16-10)8-4-3-5-9(14)6-8/h3-6,15H,7H2,1-2H3. The maximum atomic E-state index is 13.2. The summed E-state index contributed by atoms with van der Waals surface area (Å²) in [5, 5.41) is 3.56. The van der Waals surface area contributed by atoms with Crippen molar-refractivity contribution in [3.05, 3.63) is 40.9 Å². The predicted molar refractivity (Wildman–Crippen MR) is 66.4 cm³/mol. The third kappa shape index (κ3) is 2.33. The molecule has 0 unspecified atom stereocenters. The third-order valence-electron chi connectivity index (χ3n) is 2.52. The van der Waals surface area contributed by atoms with Crippen molar-refractivity contribution in [1.82, 2.24) is 14.9 Å². The highest BCUT2D eigenvalue weighted by molar-refractivity contribution is 6.30. The highest BCUT2D eigenvalue weighted by atomic mass is 35.5. The van der Waals surface area contributed by atoms with Gasteiger partial charge in [-0.15, -0.1) is 0 Å². The molecule has 0 aliphatic rings. The van der Waals surface area contributed by atoms with Crippen LogP contribution in [0.1, 0.15) is 5.69 Å². The van der Waals surface area contributed by atoms with E-state index in [0.717, 1.165) is 11.3 Å². The number of hydrogen-bond donors (Lipinski definition) is 1. The fourth-order valence-electron chi connectivity index (χ4n) is 1.70. The van der Waals surface area contributed by atoms with Gasteiger partial charge in [0.05, 0.1) is 5.69 Å². The molecule has 0 bridgehead atoms. The van der Waals surface area contributed by atoms with Crippen LogP contribution >= 0.6 is 11.6 Å². The molecule has 17 heavy (non-hydrogen) atoms. The van der Waals surface area contributed by atoms with Gasteiger partial charge in [-0.25, -0.2) is 9.37 Å². The van der Waals surface area contributed by atoms with Crippen molar-refractivity contribution >= 4 is 11.6 Å². The Balaban J connectivity index is 2.49. The maximum absolute atomic E-state index is 13.2. The smallest absolute Gasteiger partial charge is 0.141 e. The van der Waals surface area contributed by atoms with Gasteiger partial charge < -0.3 is 9.88 Å². The van der Waals surface area contributed by atoms with E-state index in [2.05, 4.69) is 10.3 Å². The number of rotatable bonds is 3. The molecule has 0 radical (unpaired) electrons. The molecule has 0 saturated carbocycles. The lowest BCUT2D eigenvalue weighted by Crippen LogP contribution is -2.05. The number of benzene rings is 1. The van der Waals surface area contributed by atoms with Crippen LogP contribution in [0, 0.1) is 5.82 Å². The summed E-state index contributed by atoms with van der Waals surface area (Å²) in [6.45, 7) is 0.585.